The number of carbonyl (C=O) groups is 2. The van der Waals surface area contributed by atoms with E-state index in [1.54, 1.807) is 18.2 Å². The van der Waals surface area contributed by atoms with Gasteiger partial charge in [-0.15, -0.1) is 0 Å². The molecule has 2 aromatic carbocycles. The van der Waals surface area contributed by atoms with Crippen LogP contribution in [0.4, 0.5) is 11.4 Å². The molecule has 1 aliphatic rings. The van der Waals surface area contributed by atoms with Gasteiger partial charge in [0.15, 0.2) is 5.78 Å². The summed E-state index contributed by atoms with van der Waals surface area (Å²) >= 11 is 5.97. The third-order valence-corrected chi connectivity index (χ3v) is 5.30. The zero-order valence-corrected chi connectivity index (χ0v) is 17.5. The molecule has 1 fully saturated rings. The Morgan fingerprint density at radius 2 is 1.72 bits per heavy atom. The molecule has 0 unspecified atom stereocenters. The number of benzene rings is 2. The van der Waals surface area contributed by atoms with E-state index in [2.05, 4.69) is 22.2 Å². The van der Waals surface area contributed by atoms with Crippen LogP contribution in [0.5, 0.6) is 5.75 Å². The summed E-state index contributed by atoms with van der Waals surface area (Å²) in [7, 11) is 3.63. The average molecular weight is 416 g/mol. The van der Waals surface area contributed by atoms with Crippen LogP contribution in [0.1, 0.15) is 23.2 Å². The van der Waals surface area contributed by atoms with Gasteiger partial charge in [-0.2, -0.15) is 0 Å². The highest BCUT2D eigenvalue weighted by atomic mass is 35.5. The van der Waals surface area contributed by atoms with Crippen LogP contribution in [-0.4, -0.2) is 56.9 Å². The maximum absolute atomic E-state index is 12.4. The predicted molar refractivity (Wildman–Crippen MR) is 116 cm³/mol. The minimum absolute atomic E-state index is 0.0852. The Hall–Kier alpha value is -2.57. The van der Waals surface area contributed by atoms with Crippen molar-refractivity contribution in [3.63, 3.8) is 0 Å². The summed E-state index contributed by atoms with van der Waals surface area (Å²) in [6.07, 6.45) is 0.177. The number of Topliss-reactive ketones (excluding diaryl/α,β-unsaturated/α-hetero) is 1. The molecule has 0 bridgehead atoms. The number of hydrogen-bond acceptors (Lipinski definition) is 5. The number of ketones is 1. The minimum atomic E-state index is -0.202. The summed E-state index contributed by atoms with van der Waals surface area (Å²) in [5, 5.41) is 3.31. The number of halogens is 1. The van der Waals surface area contributed by atoms with E-state index in [1.165, 1.54) is 7.11 Å². The van der Waals surface area contributed by atoms with Crippen molar-refractivity contribution in [2.45, 2.75) is 12.8 Å². The minimum Gasteiger partial charge on any atom is -0.496 e. The van der Waals surface area contributed by atoms with Gasteiger partial charge in [-0.3, -0.25) is 9.59 Å². The van der Waals surface area contributed by atoms with Gasteiger partial charge in [0.1, 0.15) is 5.75 Å². The SMILES string of the molecule is COc1ccc(Cl)cc1C(=O)CCC(=O)Nc1ccc(N2CCN(C)CC2)cc1. The maximum atomic E-state index is 12.4. The Kier molecular flexibility index (Phi) is 7.12. The van der Waals surface area contributed by atoms with E-state index in [0.29, 0.717) is 16.3 Å². The molecule has 0 atom stereocenters. The molecule has 0 saturated carbocycles. The van der Waals surface area contributed by atoms with Gasteiger partial charge in [0, 0.05) is 55.4 Å². The number of nitrogens with zero attached hydrogens (tertiary/aromatic N) is 2. The van der Waals surface area contributed by atoms with Crippen molar-refractivity contribution >= 4 is 34.7 Å². The van der Waals surface area contributed by atoms with Gasteiger partial charge in [-0.25, -0.2) is 0 Å². The second-order valence-corrected chi connectivity index (χ2v) is 7.59. The van der Waals surface area contributed by atoms with E-state index in [-0.39, 0.29) is 24.5 Å². The number of rotatable bonds is 7. The fraction of sp³-hybridized carbons (Fsp3) is 0.364. The summed E-state index contributed by atoms with van der Waals surface area (Å²) in [5.74, 6) is 0.0795. The van der Waals surface area contributed by atoms with E-state index in [9.17, 15) is 9.59 Å². The summed E-state index contributed by atoms with van der Waals surface area (Å²) < 4.78 is 5.20. The lowest BCUT2D eigenvalue weighted by Crippen LogP contribution is -2.44. The standard InChI is InChI=1S/C22H26ClN3O3/c1-25-11-13-26(14-12-25)18-6-4-17(5-7-18)24-22(28)10-8-20(27)19-15-16(23)3-9-21(19)29-2/h3-7,9,15H,8,10-14H2,1-2H3,(H,24,28). The van der Waals surface area contributed by atoms with E-state index < -0.39 is 0 Å². The normalized spacial score (nSPS) is 14.5. The third kappa shape index (κ3) is 5.71. The highest BCUT2D eigenvalue weighted by Crippen LogP contribution is 2.24. The van der Waals surface area contributed by atoms with Crippen molar-refractivity contribution < 1.29 is 14.3 Å². The molecular weight excluding hydrogens is 390 g/mol. The highest BCUT2D eigenvalue weighted by molar-refractivity contribution is 6.31. The molecule has 29 heavy (non-hydrogen) atoms. The Morgan fingerprint density at radius 1 is 1.03 bits per heavy atom. The van der Waals surface area contributed by atoms with E-state index >= 15 is 0 Å². The second kappa shape index (κ2) is 9.76. The predicted octanol–water partition coefficient (Wildman–Crippen LogP) is 3.70. The summed E-state index contributed by atoms with van der Waals surface area (Å²) in [5.41, 5.74) is 2.27. The van der Waals surface area contributed by atoms with E-state index in [1.807, 2.05) is 24.3 Å². The van der Waals surface area contributed by atoms with Gasteiger partial charge >= 0.3 is 0 Å². The van der Waals surface area contributed by atoms with Gasteiger partial charge in [-0.05, 0) is 49.5 Å². The van der Waals surface area contributed by atoms with Crippen molar-refractivity contribution in [3.8, 4) is 5.75 Å². The molecular formula is C22H26ClN3O3. The summed E-state index contributed by atoms with van der Waals surface area (Å²) in [6.45, 7) is 4.09. The Morgan fingerprint density at radius 3 is 2.38 bits per heavy atom. The molecule has 2 aromatic rings. The molecule has 3 rings (SSSR count). The molecule has 0 aromatic heterocycles. The van der Waals surface area contributed by atoms with Crippen LogP contribution in [0.15, 0.2) is 42.5 Å². The molecule has 6 nitrogen and oxygen atoms in total. The van der Waals surface area contributed by atoms with Crippen LogP contribution in [0.3, 0.4) is 0 Å². The smallest absolute Gasteiger partial charge is 0.224 e. The summed E-state index contributed by atoms with van der Waals surface area (Å²) in [4.78, 5) is 29.4. The van der Waals surface area contributed by atoms with Gasteiger partial charge < -0.3 is 19.9 Å². The van der Waals surface area contributed by atoms with Crippen molar-refractivity contribution in [2.75, 3.05) is 50.6 Å². The number of carbonyl (C=O) groups excluding carboxylic acids is 2. The number of likely N-dealkylation sites (N-methyl/N-ethyl adjacent to an activating group) is 1. The second-order valence-electron chi connectivity index (χ2n) is 7.15. The average Bonchev–Trinajstić information content (AvgIpc) is 2.73. The molecule has 0 radical (unpaired) electrons. The van der Waals surface area contributed by atoms with Crippen LogP contribution in [0.2, 0.25) is 5.02 Å². The molecule has 0 spiro atoms. The monoisotopic (exact) mass is 415 g/mol. The van der Waals surface area contributed by atoms with Crippen molar-refractivity contribution in [2.24, 2.45) is 0 Å². The number of ether oxygens (including phenoxy) is 1. The molecule has 154 valence electrons. The van der Waals surface area contributed by atoms with Gasteiger partial charge in [0.05, 0.1) is 12.7 Å². The van der Waals surface area contributed by atoms with Crippen molar-refractivity contribution in [1.82, 2.24) is 4.90 Å². The van der Waals surface area contributed by atoms with Crippen LogP contribution < -0.4 is 15.0 Å². The van der Waals surface area contributed by atoms with Gasteiger partial charge in [0.25, 0.3) is 0 Å². The molecule has 1 heterocycles. The lowest BCUT2D eigenvalue weighted by atomic mass is 10.1. The molecule has 0 aliphatic carbocycles. The first-order chi connectivity index (χ1) is 14.0. The molecule has 1 N–H and O–H groups in total. The lowest BCUT2D eigenvalue weighted by Gasteiger charge is -2.34. The maximum Gasteiger partial charge on any atom is 0.224 e. The highest BCUT2D eigenvalue weighted by Gasteiger charge is 2.16. The number of amides is 1. The Balaban J connectivity index is 1.52. The Bertz CT molecular complexity index is 862. The zero-order valence-electron chi connectivity index (χ0n) is 16.8. The molecule has 1 aliphatic heterocycles. The van der Waals surface area contributed by atoms with Crippen LogP contribution in [0, 0.1) is 0 Å². The van der Waals surface area contributed by atoms with Crippen LogP contribution in [0.25, 0.3) is 0 Å². The third-order valence-electron chi connectivity index (χ3n) is 5.06. The first-order valence-corrected chi connectivity index (χ1v) is 10.0. The number of hydrogen-bond donors (Lipinski definition) is 1. The number of nitrogens with one attached hydrogen (secondary N) is 1. The first-order valence-electron chi connectivity index (χ1n) is 9.66. The number of methoxy groups -OCH3 is 1. The van der Waals surface area contributed by atoms with Crippen LogP contribution in [-0.2, 0) is 4.79 Å². The zero-order chi connectivity index (χ0) is 20.8. The number of piperazine rings is 1. The summed E-state index contributed by atoms with van der Waals surface area (Å²) in [6, 6.07) is 12.7. The van der Waals surface area contributed by atoms with E-state index in [4.69, 9.17) is 16.3 Å². The molecule has 1 amide bonds. The number of anilines is 2. The van der Waals surface area contributed by atoms with Gasteiger partial charge in [-0.1, -0.05) is 11.6 Å². The first kappa shape index (κ1) is 21.1. The van der Waals surface area contributed by atoms with Crippen molar-refractivity contribution in [1.29, 1.82) is 0 Å². The van der Waals surface area contributed by atoms with E-state index in [0.717, 1.165) is 37.6 Å². The topological polar surface area (TPSA) is 61.9 Å². The molecule has 1 saturated heterocycles. The van der Waals surface area contributed by atoms with Gasteiger partial charge in [0.2, 0.25) is 5.91 Å². The fourth-order valence-electron chi connectivity index (χ4n) is 3.30. The lowest BCUT2D eigenvalue weighted by molar-refractivity contribution is -0.116. The quantitative estimate of drug-likeness (QED) is 0.698. The van der Waals surface area contributed by atoms with Crippen molar-refractivity contribution in [3.05, 3.63) is 53.1 Å². The molecule has 7 heteroatoms. The van der Waals surface area contributed by atoms with Crippen LogP contribution >= 0.6 is 11.6 Å². The Labute approximate surface area is 176 Å². The fourth-order valence-corrected chi connectivity index (χ4v) is 3.48. The largest absolute Gasteiger partial charge is 0.496 e.